The van der Waals surface area contributed by atoms with Crippen LogP contribution in [0.5, 0.6) is 11.5 Å². The first-order valence-corrected chi connectivity index (χ1v) is 7.88. The van der Waals surface area contributed by atoms with Crippen LogP contribution in [0.15, 0.2) is 36.2 Å². The summed E-state index contributed by atoms with van der Waals surface area (Å²) in [5.41, 5.74) is 4.63. The molecule has 0 saturated heterocycles. The monoisotopic (exact) mass is 313 g/mol. The van der Waals surface area contributed by atoms with Gasteiger partial charge in [-0.2, -0.15) is 0 Å². The Morgan fingerprint density at radius 2 is 2.22 bits per heavy atom. The molecule has 5 heteroatoms. The van der Waals surface area contributed by atoms with Gasteiger partial charge in [0.2, 0.25) is 0 Å². The number of nitrogens with zero attached hydrogens (tertiary/aromatic N) is 1. The molecular formula is C18H23N3O2. The number of allylic oxidation sites excluding steroid dienone is 1. The summed E-state index contributed by atoms with van der Waals surface area (Å²) in [5, 5.41) is 3.52. The molecule has 0 aliphatic carbocycles. The standard InChI is InChI=1S/C18H23N3O2/c1-12(2)7-9-23-15-5-4-13(10-16(15)22-3)17-18-14(6-8-19-17)20-11-21-18/h4-5,7,10-11,17,19H,6,8-9H2,1-3H3,(H,20,21)/t17-/m0/s1. The highest BCUT2D eigenvalue weighted by Crippen LogP contribution is 2.33. The Bertz CT molecular complexity index is 702. The maximum absolute atomic E-state index is 5.79. The number of fused-ring (bicyclic) bond motifs is 1. The third-order valence-electron chi connectivity index (χ3n) is 4.00. The number of methoxy groups -OCH3 is 1. The number of H-pyrrole nitrogens is 1. The fourth-order valence-electron chi connectivity index (χ4n) is 2.78. The predicted octanol–water partition coefficient (Wildman–Crippen LogP) is 3.00. The molecule has 1 aromatic carbocycles. The van der Waals surface area contributed by atoms with Crippen molar-refractivity contribution in [3.05, 3.63) is 53.1 Å². The van der Waals surface area contributed by atoms with Crippen molar-refractivity contribution in [2.45, 2.75) is 26.3 Å². The molecule has 2 N–H and O–H groups in total. The summed E-state index contributed by atoms with van der Waals surface area (Å²) in [6, 6.07) is 6.15. The largest absolute Gasteiger partial charge is 0.493 e. The van der Waals surface area contributed by atoms with Gasteiger partial charge < -0.3 is 19.8 Å². The number of benzene rings is 1. The molecule has 5 nitrogen and oxygen atoms in total. The minimum absolute atomic E-state index is 0.0886. The molecule has 1 aliphatic heterocycles. The second-order valence-corrected chi connectivity index (χ2v) is 5.91. The van der Waals surface area contributed by atoms with Crippen LogP contribution in [0.2, 0.25) is 0 Å². The summed E-state index contributed by atoms with van der Waals surface area (Å²) in [6.07, 6.45) is 4.79. The lowest BCUT2D eigenvalue weighted by Crippen LogP contribution is -2.30. The fourth-order valence-corrected chi connectivity index (χ4v) is 2.78. The Hall–Kier alpha value is -2.27. The van der Waals surface area contributed by atoms with Gasteiger partial charge in [-0.25, -0.2) is 4.98 Å². The van der Waals surface area contributed by atoms with Gasteiger partial charge in [0.1, 0.15) is 6.61 Å². The van der Waals surface area contributed by atoms with Crippen molar-refractivity contribution in [2.75, 3.05) is 20.3 Å². The Labute approximate surface area is 136 Å². The first-order chi connectivity index (χ1) is 11.2. The van der Waals surface area contributed by atoms with Gasteiger partial charge in [0, 0.05) is 18.7 Å². The van der Waals surface area contributed by atoms with E-state index in [0.29, 0.717) is 6.61 Å². The number of ether oxygens (including phenoxy) is 2. The molecule has 23 heavy (non-hydrogen) atoms. The van der Waals surface area contributed by atoms with E-state index in [1.165, 1.54) is 11.3 Å². The summed E-state index contributed by atoms with van der Waals surface area (Å²) in [4.78, 5) is 7.69. The van der Waals surface area contributed by atoms with Gasteiger partial charge >= 0.3 is 0 Å². The van der Waals surface area contributed by atoms with Gasteiger partial charge in [-0.3, -0.25) is 0 Å². The number of nitrogens with one attached hydrogen (secondary N) is 2. The zero-order chi connectivity index (χ0) is 16.2. The lowest BCUT2D eigenvalue weighted by molar-refractivity contribution is 0.325. The van der Waals surface area contributed by atoms with Crippen molar-refractivity contribution < 1.29 is 9.47 Å². The summed E-state index contributed by atoms with van der Waals surface area (Å²) < 4.78 is 11.3. The first kappa shape index (κ1) is 15.6. The van der Waals surface area contributed by atoms with E-state index in [0.717, 1.165) is 35.7 Å². The normalized spacial score (nSPS) is 16.6. The minimum Gasteiger partial charge on any atom is -0.493 e. The Morgan fingerprint density at radius 1 is 1.35 bits per heavy atom. The van der Waals surface area contributed by atoms with Gasteiger partial charge in [-0.05, 0) is 37.6 Å². The fraction of sp³-hybridized carbons (Fsp3) is 0.389. The van der Waals surface area contributed by atoms with Gasteiger partial charge in [0.15, 0.2) is 11.5 Å². The molecule has 2 heterocycles. The Kier molecular flexibility index (Phi) is 4.67. The SMILES string of the molecule is COc1cc([C@@H]2NCCc3[nH]cnc32)ccc1OCC=C(C)C. The maximum Gasteiger partial charge on any atom is 0.161 e. The summed E-state index contributed by atoms with van der Waals surface area (Å²) >= 11 is 0. The van der Waals surface area contributed by atoms with Crippen molar-refractivity contribution >= 4 is 0 Å². The summed E-state index contributed by atoms with van der Waals surface area (Å²) in [5.74, 6) is 1.50. The third kappa shape index (κ3) is 3.40. The Morgan fingerprint density at radius 3 is 3.00 bits per heavy atom. The smallest absolute Gasteiger partial charge is 0.161 e. The van der Waals surface area contributed by atoms with Crippen LogP contribution in [0.3, 0.4) is 0 Å². The number of aromatic nitrogens is 2. The van der Waals surface area contributed by atoms with Crippen LogP contribution in [-0.4, -0.2) is 30.2 Å². The number of aromatic amines is 1. The lowest BCUT2D eigenvalue weighted by atomic mass is 9.97. The lowest BCUT2D eigenvalue weighted by Gasteiger charge is -2.24. The second-order valence-electron chi connectivity index (χ2n) is 5.91. The topological polar surface area (TPSA) is 59.2 Å². The first-order valence-electron chi connectivity index (χ1n) is 7.88. The highest BCUT2D eigenvalue weighted by Gasteiger charge is 2.24. The van der Waals surface area contributed by atoms with Crippen molar-refractivity contribution in [3.63, 3.8) is 0 Å². The molecule has 0 radical (unpaired) electrons. The minimum atomic E-state index is 0.0886. The predicted molar refractivity (Wildman–Crippen MR) is 90.1 cm³/mol. The third-order valence-corrected chi connectivity index (χ3v) is 4.00. The number of hydrogen-bond acceptors (Lipinski definition) is 4. The van der Waals surface area contributed by atoms with E-state index in [-0.39, 0.29) is 6.04 Å². The van der Waals surface area contributed by atoms with Crippen LogP contribution in [0, 0.1) is 0 Å². The van der Waals surface area contributed by atoms with E-state index >= 15 is 0 Å². The van der Waals surface area contributed by atoms with Gasteiger partial charge in [0.25, 0.3) is 0 Å². The zero-order valence-corrected chi connectivity index (χ0v) is 13.8. The molecule has 0 spiro atoms. The van der Waals surface area contributed by atoms with Crippen LogP contribution in [0.1, 0.15) is 36.8 Å². The highest BCUT2D eigenvalue weighted by atomic mass is 16.5. The maximum atomic E-state index is 5.79. The average Bonchev–Trinajstić information content (AvgIpc) is 3.03. The van der Waals surface area contributed by atoms with Crippen molar-refractivity contribution in [1.82, 2.24) is 15.3 Å². The van der Waals surface area contributed by atoms with Crippen LogP contribution < -0.4 is 14.8 Å². The van der Waals surface area contributed by atoms with Gasteiger partial charge in [0.05, 0.1) is 25.2 Å². The van der Waals surface area contributed by atoms with E-state index in [2.05, 4.69) is 35.2 Å². The molecule has 1 atom stereocenters. The second kappa shape index (κ2) is 6.87. The van der Waals surface area contributed by atoms with Gasteiger partial charge in [-0.1, -0.05) is 11.6 Å². The van der Waals surface area contributed by atoms with Crippen molar-refractivity contribution in [1.29, 1.82) is 0 Å². The molecule has 1 aromatic heterocycles. The van der Waals surface area contributed by atoms with Crippen LogP contribution in [0.25, 0.3) is 0 Å². The van der Waals surface area contributed by atoms with Gasteiger partial charge in [-0.15, -0.1) is 0 Å². The van der Waals surface area contributed by atoms with E-state index in [4.69, 9.17) is 9.47 Å². The zero-order valence-electron chi connectivity index (χ0n) is 13.8. The molecule has 0 fully saturated rings. The average molecular weight is 313 g/mol. The molecule has 0 saturated carbocycles. The van der Waals surface area contributed by atoms with Crippen molar-refractivity contribution in [2.24, 2.45) is 0 Å². The quantitative estimate of drug-likeness (QED) is 0.833. The van der Waals surface area contributed by atoms with Crippen LogP contribution in [-0.2, 0) is 6.42 Å². The molecule has 0 amide bonds. The van der Waals surface area contributed by atoms with Crippen LogP contribution >= 0.6 is 0 Å². The van der Waals surface area contributed by atoms with Crippen molar-refractivity contribution in [3.8, 4) is 11.5 Å². The summed E-state index contributed by atoms with van der Waals surface area (Å²) in [7, 11) is 1.67. The molecule has 3 rings (SSSR count). The van der Waals surface area contributed by atoms with Crippen LogP contribution in [0.4, 0.5) is 0 Å². The Balaban J connectivity index is 1.84. The van der Waals surface area contributed by atoms with E-state index in [1.54, 1.807) is 13.4 Å². The molecule has 122 valence electrons. The molecule has 0 bridgehead atoms. The number of imidazole rings is 1. The molecule has 0 unspecified atom stereocenters. The van der Waals surface area contributed by atoms with E-state index in [1.807, 2.05) is 18.2 Å². The molecule has 1 aliphatic rings. The van der Waals surface area contributed by atoms with E-state index in [9.17, 15) is 0 Å². The number of rotatable bonds is 5. The summed E-state index contributed by atoms with van der Waals surface area (Å²) in [6.45, 7) is 5.59. The highest BCUT2D eigenvalue weighted by molar-refractivity contribution is 5.46. The van der Waals surface area contributed by atoms with E-state index < -0.39 is 0 Å². The molecular weight excluding hydrogens is 290 g/mol. The number of hydrogen-bond donors (Lipinski definition) is 2. The molecule has 2 aromatic rings.